The molecule has 24 heavy (non-hydrogen) atoms. The first-order valence-corrected chi connectivity index (χ1v) is 8.23. The molecule has 2 unspecified atom stereocenters. The molecule has 1 heterocycles. The number of nitrogens with one attached hydrogen (secondary N) is 1. The predicted molar refractivity (Wildman–Crippen MR) is 87.5 cm³/mol. The highest BCUT2D eigenvalue weighted by Crippen LogP contribution is 2.40. The molecule has 128 valence electrons. The molecular weight excluding hydrogens is 308 g/mol. The number of carbonyl (C=O) groups excluding carboxylic acids is 3. The van der Waals surface area contributed by atoms with Gasteiger partial charge in [-0.1, -0.05) is 0 Å². The van der Waals surface area contributed by atoms with E-state index in [0.29, 0.717) is 25.8 Å². The molecule has 6 nitrogen and oxygen atoms in total. The summed E-state index contributed by atoms with van der Waals surface area (Å²) >= 11 is 0. The third-order valence-electron chi connectivity index (χ3n) is 5.32. The van der Waals surface area contributed by atoms with Crippen molar-refractivity contribution in [2.24, 2.45) is 0 Å². The standard InChI is InChI=1S/C18H22N2O4/c1-18(2,3)20(9-8-14(16(20)22)19-17(23)24)12-5-6-13-11(10-12)4-7-15(13)21/h5-6,10,14,19H,4,7-9H2,1-3H3. The summed E-state index contributed by atoms with van der Waals surface area (Å²) in [6.45, 7) is 6.44. The van der Waals surface area contributed by atoms with E-state index in [-0.39, 0.29) is 16.2 Å². The molecule has 1 saturated heterocycles. The van der Waals surface area contributed by atoms with E-state index in [9.17, 15) is 19.5 Å². The van der Waals surface area contributed by atoms with Gasteiger partial charge in [-0.2, -0.15) is 0 Å². The molecule has 0 bridgehead atoms. The lowest BCUT2D eigenvalue weighted by atomic mass is 9.98. The quantitative estimate of drug-likeness (QED) is 0.824. The Labute approximate surface area is 141 Å². The Morgan fingerprint density at radius 3 is 2.58 bits per heavy atom. The van der Waals surface area contributed by atoms with Crippen LogP contribution in [-0.4, -0.2) is 35.9 Å². The van der Waals surface area contributed by atoms with Crippen molar-refractivity contribution in [2.45, 2.75) is 51.6 Å². The van der Waals surface area contributed by atoms with E-state index in [1.165, 1.54) is 0 Å². The fourth-order valence-corrected chi connectivity index (χ4v) is 4.09. The van der Waals surface area contributed by atoms with Gasteiger partial charge in [0.15, 0.2) is 5.78 Å². The van der Waals surface area contributed by atoms with Crippen molar-refractivity contribution < 1.29 is 19.5 Å². The van der Waals surface area contributed by atoms with Crippen LogP contribution in [0, 0.1) is 0 Å². The Balaban J connectivity index is 2.08. The van der Waals surface area contributed by atoms with Crippen molar-refractivity contribution in [3.8, 4) is 0 Å². The molecule has 1 N–H and O–H groups in total. The number of quaternary nitrogens is 1. The Morgan fingerprint density at radius 2 is 1.96 bits per heavy atom. The van der Waals surface area contributed by atoms with Crippen LogP contribution < -0.4 is 14.9 Å². The number of hydrogen-bond donors (Lipinski definition) is 1. The molecule has 0 saturated carbocycles. The van der Waals surface area contributed by atoms with Gasteiger partial charge in [0.1, 0.15) is 23.4 Å². The molecule has 1 aromatic carbocycles. The van der Waals surface area contributed by atoms with Crippen LogP contribution in [0.2, 0.25) is 0 Å². The average molecular weight is 330 g/mol. The van der Waals surface area contributed by atoms with Gasteiger partial charge in [-0.15, -0.1) is 0 Å². The molecule has 2 aliphatic rings. The highest BCUT2D eigenvalue weighted by Gasteiger charge is 2.56. The van der Waals surface area contributed by atoms with Gasteiger partial charge < -0.3 is 15.2 Å². The third kappa shape index (κ3) is 2.33. The maximum Gasteiger partial charge on any atom is 0.341 e. The Hall–Kier alpha value is -2.21. The second-order valence-corrected chi connectivity index (χ2v) is 7.58. The number of rotatable bonds is 2. The fraction of sp³-hybridized carbons (Fsp3) is 0.500. The Bertz CT molecular complexity index is 735. The molecular formula is C18H22N2O4. The number of carboxylic acid groups (broad SMARTS) is 1. The van der Waals surface area contributed by atoms with Crippen LogP contribution in [0.25, 0.3) is 0 Å². The van der Waals surface area contributed by atoms with Crippen LogP contribution in [0.5, 0.6) is 0 Å². The zero-order chi connectivity index (χ0) is 17.7. The van der Waals surface area contributed by atoms with E-state index in [2.05, 4.69) is 5.32 Å². The highest BCUT2D eigenvalue weighted by molar-refractivity contribution is 6.02. The molecule has 2 atom stereocenters. The van der Waals surface area contributed by atoms with Gasteiger partial charge >= 0.3 is 5.91 Å². The number of amides is 2. The maximum atomic E-state index is 13.1. The minimum absolute atomic E-state index is 0.0689. The summed E-state index contributed by atoms with van der Waals surface area (Å²) in [5.74, 6) is -0.0286. The van der Waals surface area contributed by atoms with E-state index in [1.807, 2.05) is 32.9 Å². The van der Waals surface area contributed by atoms with Gasteiger partial charge in [-0.25, -0.2) is 9.28 Å². The number of hydrogen-bond acceptors (Lipinski definition) is 4. The molecule has 2 amide bonds. The second-order valence-electron chi connectivity index (χ2n) is 7.58. The smallest absolute Gasteiger partial charge is 0.341 e. The largest absolute Gasteiger partial charge is 0.530 e. The summed E-state index contributed by atoms with van der Waals surface area (Å²) in [5, 5.41) is 13.1. The number of fused-ring (bicyclic) bond motifs is 1. The Morgan fingerprint density at radius 1 is 1.25 bits per heavy atom. The maximum absolute atomic E-state index is 13.1. The van der Waals surface area contributed by atoms with E-state index in [4.69, 9.17) is 0 Å². The minimum Gasteiger partial charge on any atom is -0.530 e. The van der Waals surface area contributed by atoms with E-state index < -0.39 is 17.7 Å². The van der Waals surface area contributed by atoms with Gasteiger partial charge in [0.05, 0.1) is 6.54 Å². The molecule has 1 fully saturated rings. The van der Waals surface area contributed by atoms with Crippen LogP contribution in [-0.2, 0) is 11.2 Å². The second kappa shape index (κ2) is 5.41. The summed E-state index contributed by atoms with van der Waals surface area (Å²) < 4.78 is 0.0689. The molecule has 6 heteroatoms. The van der Waals surface area contributed by atoms with Crippen LogP contribution in [0.4, 0.5) is 10.5 Å². The molecule has 1 aliphatic carbocycles. The van der Waals surface area contributed by atoms with Gasteiger partial charge in [0, 0.05) is 30.5 Å². The molecule has 0 aromatic heterocycles. The van der Waals surface area contributed by atoms with Crippen LogP contribution in [0.3, 0.4) is 0 Å². The lowest BCUT2D eigenvalue weighted by Gasteiger charge is -2.43. The molecule has 1 aromatic rings. The van der Waals surface area contributed by atoms with Gasteiger partial charge in [0.25, 0.3) is 0 Å². The molecule has 3 rings (SSSR count). The van der Waals surface area contributed by atoms with Crippen LogP contribution in [0.15, 0.2) is 18.2 Å². The first-order valence-electron chi connectivity index (χ1n) is 8.23. The summed E-state index contributed by atoms with van der Waals surface area (Å²) in [5.41, 5.74) is 2.10. The highest BCUT2D eigenvalue weighted by atomic mass is 16.4. The van der Waals surface area contributed by atoms with Crippen molar-refractivity contribution >= 4 is 23.5 Å². The van der Waals surface area contributed by atoms with Gasteiger partial charge in [-0.05, 0) is 38.8 Å². The van der Waals surface area contributed by atoms with E-state index in [1.54, 1.807) is 6.07 Å². The number of nitrogens with zero attached hydrogens (tertiary/aromatic N) is 1. The van der Waals surface area contributed by atoms with Crippen molar-refractivity contribution in [1.29, 1.82) is 0 Å². The monoisotopic (exact) mass is 330 g/mol. The van der Waals surface area contributed by atoms with Crippen LogP contribution in [0.1, 0.15) is 49.5 Å². The minimum atomic E-state index is -1.43. The number of aryl methyl sites for hydroxylation is 1. The summed E-state index contributed by atoms with van der Waals surface area (Å²) in [7, 11) is 0. The van der Waals surface area contributed by atoms with Crippen molar-refractivity contribution in [2.75, 3.05) is 6.54 Å². The number of benzene rings is 1. The lowest BCUT2D eigenvalue weighted by molar-refractivity contribution is -0.251. The Kier molecular flexibility index (Phi) is 3.75. The SMILES string of the molecule is CC(C)(C)[N+]1(c2ccc3c(c2)CCC3=O)CCC(NC(=O)[O-])C1=O. The van der Waals surface area contributed by atoms with Crippen molar-refractivity contribution in [1.82, 2.24) is 9.80 Å². The number of likely N-dealkylation sites (tertiary alicyclic amines) is 1. The number of Topliss-reactive ketones (excluding diaryl/α,β-unsaturated/α-hetero) is 1. The molecule has 0 radical (unpaired) electrons. The van der Waals surface area contributed by atoms with E-state index >= 15 is 0 Å². The number of ketones is 1. The fourth-order valence-electron chi connectivity index (χ4n) is 4.09. The summed E-state index contributed by atoms with van der Waals surface area (Å²) in [4.78, 5) is 35.9. The molecule has 0 spiro atoms. The predicted octanol–water partition coefficient (Wildman–Crippen LogP) is 1.15. The lowest BCUT2D eigenvalue weighted by Crippen LogP contribution is -2.65. The van der Waals surface area contributed by atoms with Gasteiger partial charge in [-0.3, -0.25) is 4.79 Å². The average Bonchev–Trinajstić information content (AvgIpc) is 3.00. The first kappa shape index (κ1) is 16.6. The number of carbonyl (C=O) groups is 3. The normalized spacial score (nSPS) is 26.5. The first-order chi connectivity index (χ1) is 11.2. The van der Waals surface area contributed by atoms with E-state index in [0.717, 1.165) is 16.8 Å². The zero-order valence-electron chi connectivity index (χ0n) is 14.2. The van der Waals surface area contributed by atoms with Gasteiger partial charge in [0.2, 0.25) is 0 Å². The molecule has 1 aliphatic heterocycles. The summed E-state index contributed by atoms with van der Waals surface area (Å²) in [6, 6.07) is 4.83. The van der Waals surface area contributed by atoms with Crippen LogP contribution >= 0.6 is 0 Å². The topological polar surface area (TPSA) is 86.3 Å². The third-order valence-corrected chi connectivity index (χ3v) is 5.32. The van der Waals surface area contributed by atoms with Crippen molar-refractivity contribution in [3.05, 3.63) is 29.3 Å². The van der Waals surface area contributed by atoms with Crippen molar-refractivity contribution in [3.63, 3.8) is 0 Å². The summed E-state index contributed by atoms with van der Waals surface area (Å²) in [6.07, 6.45) is 0.208. The zero-order valence-corrected chi connectivity index (χ0v) is 14.2.